The van der Waals surface area contributed by atoms with Crippen molar-refractivity contribution in [2.45, 2.75) is 13.0 Å². The molecule has 1 heterocycles. The summed E-state index contributed by atoms with van der Waals surface area (Å²) in [5.41, 5.74) is 3.38. The summed E-state index contributed by atoms with van der Waals surface area (Å²) in [4.78, 5) is 14.3. The molecule has 0 spiro atoms. The van der Waals surface area contributed by atoms with Gasteiger partial charge in [0.25, 0.3) is 5.91 Å². The van der Waals surface area contributed by atoms with Gasteiger partial charge in [-0.2, -0.15) is 0 Å². The van der Waals surface area contributed by atoms with E-state index >= 15 is 0 Å². The van der Waals surface area contributed by atoms with Crippen LogP contribution in [-0.4, -0.2) is 30.4 Å². The van der Waals surface area contributed by atoms with Gasteiger partial charge in [0.05, 0.1) is 13.1 Å². The van der Waals surface area contributed by atoms with E-state index < -0.39 is 0 Å². The van der Waals surface area contributed by atoms with Crippen LogP contribution in [0.15, 0.2) is 48.5 Å². The number of rotatable bonds is 3. The summed E-state index contributed by atoms with van der Waals surface area (Å²) in [6.07, 6.45) is 1.07. The van der Waals surface area contributed by atoms with E-state index in [1.54, 1.807) is 24.3 Å². The van der Waals surface area contributed by atoms with Crippen molar-refractivity contribution in [1.82, 2.24) is 10.2 Å². The van der Waals surface area contributed by atoms with E-state index in [9.17, 15) is 4.79 Å². The molecule has 122 valence electrons. The fourth-order valence-electron chi connectivity index (χ4n) is 2.78. The highest BCUT2D eigenvalue weighted by atomic mass is 35.5. The van der Waals surface area contributed by atoms with Crippen molar-refractivity contribution in [1.29, 1.82) is 0 Å². The van der Waals surface area contributed by atoms with E-state index in [1.807, 2.05) is 0 Å². The van der Waals surface area contributed by atoms with Crippen LogP contribution in [0.1, 0.15) is 21.5 Å². The summed E-state index contributed by atoms with van der Waals surface area (Å²) >= 11 is 5.88. The first-order valence-electron chi connectivity index (χ1n) is 8.01. The fourth-order valence-corrected chi connectivity index (χ4v) is 2.97. The molecule has 0 unspecified atom stereocenters. The lowest BCUT2D eigenvalue weighted by atomic mass is 10.0. The number of benzene rings is 2. The molecule has 3 nitrogen and oxygen atoms in total. The Morgan fingerprint density at radius 1 is 1.12 bits per heavy atom. The van der Waals surface area contributed by atoms with Crippen molar-refractivity contribution < 1.29 is 4.79 Å². The molecule has 0 saturated heterocycles. The SMILES string of the molecule is O=C(NCC#CCN1CCc2ccccc2C1)c1cccc(Cl)c1. The smallest absolute Gasteiger partial charge is 0.252 e. The fraction of sp³-hybridized carbons (Fsp3) is 0.250. The number of amides is 1. The molecular formula is C20H19ClN2O. The van der Waals surface area contributed by atoms with Crippen LogP contribution in [0.25, 0.3) is 0 Å². The molecule has 1 amide bonds. The Morgan fingerprint density at radius 2 is 1.96 bits per heavy atom. The van der Waals surface area contributed by atoms with E-state index in [0.717, 1.165) is 26.1 Å². The second kappa shape index (κ2) is 8.01. The first-order chi connectivity index (χ1) is 11.7. The standard InChI is InChI=1S/C20H19ClN2O/c21-19-9-5-8-17(14-19)20(24)22-11-3-4-12-23-13-10-16-6-1-2-7-18(16)15-23/h1-2,5-9,14H,10-13,15H2,(H,22,24). The molecule has 0 aromatic heterocycles. The highest BCUT2D eigenvalue weighted by molar-refractivity contribution is 6.30. The first-order valence-corrected chi connectivity index (χ1v) is 8.39. The van der Waals surface area contributed by atoms with Crippen molar-refractivity contribution >= 4 is 17.5 Å². The number of fused-ring (bicyclic) bond motifs is 1. The summed E-state index contributed by atoms with van der Waals surface area (Å²) in [6, 6.07) is 15.4. The minimum absolute atomic E-state index is 0.154. The summed E-state index contributed by atoms with van der Waals surface area (Å²) < 4.78 is 0. The second-order valence-corrected chi connectivity index (χ2v) is 6.21. The summed E-state index contributed by atoms with van der Waals surface area (Å²) in [5.74, 6) is 6.00. The van der Waals surface area contributed by atoms with Gasteiger partial charge in [-0.15, -0.1) is 0 Å². The first kappa shape index (κ1) is 16.6. The topological polar surface area (TPSA) is 32.3 Å². The number of carbonyl (C=O) groups is 1. The van der Waals surface area contributed by atoms with Crippen LogP contribution in [0.2, 0.25) is 5.02 Å². The zero-order valence-corrected chi connectivity index (χ0v) is 14.1. The van der Waals surface area contributed by atoms with Gasteiger partial charge in [-0.05, 0) is 35.7 Å². The Labute approximate surface area is 147 Å². The van der Waals surface area contributed by atoms with E-state index in [-0.39, 0.29) is 5.91 Å². The van der Waals surface area contributed by atoms with Crippen molar-refractivity contribution in [2.24, 2.45) is 0 Å². The largest absolute Gasteiger partial charge is 0.341 e. The van der Waals surface area contributed by atoms with Crippen LogP contribution in [0.5, 0.6) is 0 Å². The van der Waals surface area contributed by atoms with Gasteiger partial charge in [0.2, 0.25) is 0 Å². The summed E-state index contributed by atoms with van der Waals surface area (Å²) in [6.45, 7) is 3.04. The maximum Gasteiger partial charge on any atom is 0.252 e. The Bertz CT molecular complexity index is 791. The molecular weight excluding hydrogens is 320 g/mol. The van der Waals surface area contributed by atoms with Gasteiger partial charge in [-0.3, -0.25) is 9.69 Å². The van der Waals surface area contributed by atoms with Crippen molar-refractivity contribution in [3.05, 3.63) is 70.2 Å². The van der Waals surface area contributed by atoms with Gasteiger partial charge in [-0.25, -0.2) is 0 Å². The average molecular weight is 339 g/mol. The molecule has 2 aromatic carbocycles. The van der Waals surface area contributed by atoms with Crippen LogP contribution in [0.3, 0.4) is 0 Å². The Balaban J connectivity index is 1.45. The van der Waals surface area contributed by atoms with Crippen LogP contribution in [-0.2, 0) is 13.0 Å². The highest BCUT2D eigenvalue weighted by Gasteiger charge is 2.14. The lowest BCUT2D eigenvalue weighted by molar-refractivity contribution is 0.0958. The molecule has 0 radical (unpaired) electrons. The maximum atomic E-state index is 12.0. The Hall–Kier alpha value is -2.28. The molecule has 0 aliphatic carbocycles. The van der Waals surface area contributed by atoms with E-state index in [4.69, 9.17) is 11.6 Å². The molecule has 2 aromatic rings. The average Bonchev–Trinajstić information content (AvgIpc) is 2.61. The lowest BCUT2D eigenvalue weighted by Gasteiger charge is -2.26. The Kier molecular flexibility index (Phi) is 5.53. The summed E-state index contributed by atoms with van der Waals surface area (Å²) in [7, 11) is 0. The number of halogens is 1. The molecule has 24 heavy (non-hydrogen) atoms. The number of nitrogens with zero attached hydrogens (tertiary/aromatic N) is 1. The second-order valence-electron chi connectivity index (χ2n) is 5.78. The van der Waals surface area contributed by atoms with Crippen LogP contribution >= 0.6 is 11.6 Å². The number of carbonyl (C=O) groups excluding carboxylic acids is 1. The van der Waals surface area contributed by atoms with Crippen molar-refractivity contribution in [2.75, 3.05) is 19.6 Å². The predicted molar refractivity (Wildman–Crippen MR) is 97.0 cm³/mol. The number of hydrogen-bond donors (Lipinski definition) is 1. The highest BCUT2D eigenvalue weighted by Crippen LogP contribution is 2.17. The van der Waals surface area contributed by atoms with Crippen LogP contribution in [0.4, 0.5) is 0 Å². The minimum Gasteiger partial charge on any atom is -0.341 e. The molecule has 0 atom stereocenters. The third-order valence-electron chi connectivity index (χ3n) is 4.06. The van der Waals surface area contributed by atoms with Gasteiger partial charge in [-0.1, -0.05) is 53.8 Å². The molecule has 0 fully saturated rings. The third-order valence-corrected chi connectivity index (χ3v) is 4.30. The molecule has 1 N–H and O–H groups in total. The quantitative estimate of drug-likeness (QED) is 0.872. The normalized spacial score (nSPS) is 13.5. The zero-order chi connectivity index (χ0) is 16.8. The molecule has 0 saturated carbocycles. The molecule has 4 heteroatoms. The van der Waals surface area contributed by atoms with Gasteiger partial charge < -0.3 is 5.32 Å². The Morgan fingerprint density at radius 3 is 2.79 bits per heavy atom. The van der Waals surface area contributed by atoms with Crippen molar-refractivity contribution in [3.63, 3.8) is 0 Å². The number of nitrogens with one attached hydrogen (secondary N) is 1. The molecule has 0 bridgehead atoms. The van der Waals surface area contributed by atoms with Gasteiger partial charge in [0.1, 0.15) is 0 Å². The molecule has 3 rings (SSSR count). The van der Waals surface area contributed by atoms with Crippen LogP contribution in [0, 0.1) is 11.8 Å². The third kappa shape index (κ3) is 4.38. The number of hydrogen-bond acceptors (Lipinski definition) is 2. The van der Waals surface area contributed by atoms with Gasteiger partial charge in [0.15, 0.2) is 0 Å². The molecule has 1 aliphatic heterocycles. The van der Waals surface area contributed by atoms with Crippen molar-refractivity contribution in [3.8, 4) is 11.8 Å². The lowest BCUT2D eigenvalue weighted by Crippen LogP contribution is -2.31. The zero-order valence-electron chi connectivity index (χ0n) is 13.4. The molecule has 1 aliphatic rings. The van der Waals surface area contributed by atoms with E-state index in [0.29, 0.717) is 17.1 Å². The van der Waals surface area contributed by atoms with Crippen LogP contribution < -0.4 is 5.32 Å². The van der Waals surface area contributed by atoms with Gasteiger partial charge >= 0.3 is 0 Å². The minimum atomic E-state index is -0.154. The van der Waals surface area contributed by atoms with E-state index in [2.05, 4.69) is 46.3 Å². The summed E-state index contributed by atoms with van der Waals surface area (Å²) in [5, 5.41) is 3.34. The van der Waals surface area contributed by atoms with Gasteiger partial charge in [0, 0.05) is 23.7 Å². The monoisotopic (exact) mass is 338 g/mol. The van der Waals surface area contributed by atoms with E-state index in [1.165, 1.54) is 11.1 Å². The maximum absolute atomic E-state index is 12.0. The predicted octanol–water partition coefficient (Wildman–Crippen LogP) is 3.13.